The summed E-state index contributed by atoms with van der Waals surface area (Å²) < 4.78 is 16.9. The molecule has 0 heterocycles. The van der Waals surface area contributed by atoms with Gasteiger partial charge in [-0.2, -0.15) is 0 Å². The first-order chi connectivity index (χ1) is 33.0. The summed E-state index contributed by atoms with van der Waals surface area (Å²) in [4.78, 5) is 38.2. The lowest BCUT2D eigenvalue weighted by molar-refractivity contribution is -0.167. The van der Waals surface area contributed by atoms with Crippen molar-refractivity contribution in [3.8, 4) is 0 Å². The third-order valence-corrected chi connectivity index (χ3v) is 13.1. The molecule has 392 valence electrons. The van der Waals surface area contributed by atoms with Gasteiger partial charge in [-0.05, 0) is 96.3 Å². The van der Waals surface area contributed by atoms with E-state index in [9.17, 15) is 14.4 Å². The minimum Gasteiger partial charge on any atom is -0.462 e. The molecule has 6 nitrogen and oxygen atoms in total. The summed E-state index contributed by atoms with van der Waals surface area (Å²) in [6.07, 6.45) is 67.0. The largest absolute Gasteiger partial charge is 0.462 e. The molecule has 0 spiro atoms. The number of unbranched alkanes of at least 4 members (excludes halogenated alkanes) is 37. The van der Waals surface area contributed by atoms with Crippen LogP contribution in [0.4, 0.5) is 0 Å². The molecule has 6 heteroatoms. The maximum Gasteiger partial charge on any atom is 0.306 e. The number of hydrogen-bond donors (Lipinski definition) is 0. The SMILES string of the molecule is CCCCCCCC/C=C\CCCCCCCCCCCC(=O)OC[C@H](COC(=O)CCCCCCC/C=C\CCCCCCCC)OC(=O)CCCCCCC/C=C\CCCCCCCC. The highest BCUT2D eigenvalue weighted by atomic mass is 16.6. The molecule has 1 atom stereocenters. The molecule has 0 aliphatic rings. The van der Waals surface area contributed by atoms with Gasteiger partial charge in [0.2, 0.25) is 0 Å². The van der Waals surface area contributed by atoms with Gasteiger partial charge in [-0.1, -0.05) is 237 Å². The third kappa shape index (κ3) is 54.4. The molecule has 0 aromatic rings. The van der Waals surface area contributed by atoms with E-state index in [0.29, 0.717) is 19.3 Å². The first-order valence-electron chi connectivity index (χ1n) is 29.5. The molecule has 0 saturated carbocycles. The van der Waals surface area contributed by atoms with Gasteiger partial charge in [0.1, 0.15) is 13.2 Å². The van der Waals surface area contributed by atoms with Gasteiger partial charge in [0.05, 0.1) is 0 Å². The summed E-state index contributed by atoms with van der Waals surface area (Å²) in [5.41, 5.74) is 0. The van der Waals surface area contributed by atoms with E-state index in [-0.39, 0.29) is 31.1 Å². The molecular weight excluding hydrogens is 829 g/mol. The van der Waals surface area contributed by atoms with Crippen LogP contribution in [0, 0.1) is 0 Å². The standard InChI is InChI=1S/C61H112O6/c1-4-7-10-13-16-19-22-25-28-29-30-31-34-36-39-42-45-48-51-54-60(63)66-57-58(67-61(64)55-52-49-46-43-40-37-33-27-24-21-18-15-12-9-6-3)56-65-59(62)53-50-47-44-41-38-35-32-26-23-20-17-14-11-8-5-2/h25-28,32-33,58H,4-24,29-31,34-57H2,1-3H3/b28-25-,32-26-,33-27-/t58-/m0/s1. The monoisotopic (exact) mass is 941 g/mol. The van der Waals surface area contributed by atoms with Crippen LogP contribution in [0.5, 0.6) is 0 Å². The van der Waals surface area contributed by atoms with Crippen molar-refractivity contribution in [1.82, 2.24) is 0 Å². The molecule has 67 heavy (non-hydrogen) atoms. The summed E-state index contributed by atoms with van der Waals surface area (Å²) in [7, 11) is 0. The van der Waals surface area contributed by atoms with Crippen molar-refractivity contribution in [2.45, 2.75) is 322 Å². The lowest BCUT2D eigenvalue weighted by Crippen LogP contribution is -2.30. The number of esters is 3. The van der Waals surface area contributed by atoms with Crippen LogP contribution >= 0.6 is 0 Å². The lowest BCUT2D eigenvalue weighted by Gasteiger charge is -2.18. The molecular formula is C61H112O6. The molecule has 0 fully saturated rings. The van der Waals surface area contributed by atoms with Gasteiger partial charge in [-0.15, -0.1) is 0 Å². The van der Waals surface area contributed by atoms with Gasteiger partial charge in [-0.3, -0.25) is 14.4 Å². The molecule has 0 aliphatic carbocycles. The van der Waals surface area contributed by atoms with Gasteiger partial charge in [0.15, 0.2) is 6.10 Å². The predicted molar refractivity (Wildman–Crippen MR) is 289 cm³/mol. The zero-order chi connectivity index (χ0) is 48.6. The summed E-state index contributed by atoms with van der Waals surface area (Å²) in [5, 5.41) is 0. The lowest BCUT2D eigenvalue weighted by atomic mass is 10.1. The van der Waals surface area contributed by atoms with Crippen LogP contribution < -0.4 is 0 Å². The first kappa shape index (κ1) is 64.6. The van der Waals surface area contributed by atoms with Crippen LogP contribution in [0.1, 0.15) is 316 Å². The number of rotatable bonds is 54. The molecule has 0 aliphatic heterocycles. The van der Waals surface area contributed by atoms with E-state index >= 15 is 0 Å². The smallest absolute Gasteiger partial charge is 0.306 e. The van der Waals surface area contributed by atoms with Crippen LogP contribution in [0.2, 0.25) is 0 Å². The topological polar surface area (TPSA) is 78.9 Å². The molecule has 0 aromatic carbocycles. The van der Waals surface area contributed by atoms with Crippen molar-refractivity contribution in [1.29, 1.82) is 0 Å². The molecule has 0 rings (SSSR count). The molecule has 0 bridgehead atoms. The fourth-order valence-electron chi connectivity index (χ4n) is 8.60. The van der Waals surface area contributed by atoms with Crippen LogP contribution in [0.25, 0.3) is 0 Å². The second-order valence-electron chi connectivity index (χ2n) is 19.9. The average Bonchev–Trinajstić information content (AvgIpc) is 3.33. The molecule has 0 aromatic heterocycles. The first-order valence-corrected chi connectivity index (χ1v) is 29.5. The normalized spacial score (nSPS) is 12.2. The Morgan fingerprint density at radius 1 is 0.284 bits per heavy atom. The van der Waals surface area contributed by atoms with E-state index in [4.69, 9.17) is 14.2 Å². The Morgan fingerprint density at radius 3 is 0.746 bits per heavy atom. The van der Waals surface area contributed by atoms with Crippen molar-refractivity contribution in [3.63, 3.8) is 0 Å². The Kier molecular flexibility index (Phi) is 54.2. The van der Waals surface area contributed by atoms with Gasteiger partial charge in [0, 0.05) is 19.3 Å². The number of hydrogen-bond acceptors (Lipinski definition) is 6. The number of allylic oxidation sites excluding steroid dienone is 6. The Morgan fingerprint density at radius 2 is 0.493 bits per heavy atom. The number of carbonyl (C=O) groups is 3. The van der Waals surface area contributed by atoms with Crippen molar-refractivity contribution in [3.05, 3.63) is 36.5 Å². The summed E-state index contributed by atoms with van der Waals surface area (Å²) in [6.45, 7) is 6.65. The van der Waals surface area contributed by atoms with Crippen LogP contribution in [-0.2, 0) is 28.6 Å². The minimum absolute atomic E-state index is 0.0768. The Hall–Kier alpha value is -2.37. The van der Waals surface area contributed by atoms with Gasteiger partial charge in [0.25, 0.3) is 0 Å². The van der Waals surface area contributed by atoms with E-state index in [2.05, 4.69) is 57.2 Å². The van der Waals surface area contributed by atoms with E-state index in [0.717, 1.165) is 70.6 Å². The van der Waals surface area contributed by atoms with Gasteiger partial charge < -0.3 is 14.2 Å². The van der Waals surface area contributed by atoms with E-state index < -0.39 is 6.10 Å². The third-order valence-electron chi connectivity index (χ3n) is 13.1. The Bertz CT molecular complexity index is 1130. The van der Waals surface area contributed by atoms with E-state index in [1.807, 2.05) is 0 Å². The highest BCUT2D eigenvalue weighted by Crippen LogP contribution is 2.16. The highest BCUT2D eigenvalue weighted by Gasteiger charge is 2.19. The summed E-state index contributed by atoms with van der Waals surface area (Å²) >= 11 is 0. The molecule has 0 saturated heterocycles. The predicted octanol–water partition coefficient (Wildman–Crippen LogP) is 19.7. The van der Waals surface area contributed by atoms with Crippen LogP contribution in [-0.4, -0.2) is 37.2 Å². The van der Waals surface area contributed by atoms with Crippen molar-refractivity contribution in [2.75, 3.05) is 13.2 Å². The number of ether oxygens (including phenoxy) is 3. The average molecular weight is 942 g/mol. The van der Waals surface area contributed by atoms with Crippen molar-refractivity contribution < 1.29 is 28.6 Å². The Labute approximate surface area is 416 Å². The maximum absolute atomic E-state index is 12.8. The van der Waals surface area contributed by atoms with Crippen LogP contribution in [0.15, 0.2) is 36.5 Å². The molecule has 0 unspecified atom stereocenters. The summed E-state index contributed by atoms with van der Waals surface area (Å²) in [5.74, 6) is -0.880. The zero-order valence-corrected chi connectivity index (χ0v) is 44.9. The number of carbonyl (C=O) groups excluding carboxylic acids is 3. The zero-order valence-electron chi connectivity index (χ0n) is 44.9. The summed E-state index contributed by atoms with van der Waals surface area (Å²) in [6, 6.07) is 0. The fourth-order valence-corrected chi connectivity index (χ4v) is 8.60. The second-order valence-corrected chi connectivity index (χ2v) is 19.9. The van der Waals surface area contributed by atoms with Gasteiger partial charge in [-0.25, -0.2) is 0 Å². The Balaban J connectivity index is 4.35. The van der Waals surface area contributed by atoms with Gasteiger partial charge >= 0.3 is 17.9 Å². The highest BCUT2D eigenvalue weighted by molar-refractivity contribution is 5.71. The minimum atomic E-state index is -0.779. The molecule has 0 N–H and O–H groups in total. The van der Waals surface area contributed by atoms with Crippen LogP contribution in [0.3, 0.4) is 0 Å². The molecule has 0 amide bonds. The van der Waals surface area contributed by atoms with E-state index in [1.54, 1.807) is 0 Å². The van der Waals surface area contributed by atoms with Crippen molar-refractivity contribution >= 4 is 17.9 Å². The maximum atomic E-state index is 12.8. The van der Waals surface area contributed by atoms with E-state index in [1.165, 1.54) is 205 Å². The quantitative estimate of drug-likeness (QED) is 0.0262. The second kappa shape index (κ2) is 56.2. The van der Waals surface area contributed by atoms with Crippen molar-refractivity contribution in [2.24, 2.45) is 0 Å². The molecule has 0 radical (unpaired) electrons. The fraction of sp³-hybridized carbons (Fsp3) is 0.852.